The summed E-state index contributed by atoms with van der Waals surface area (Å²) < 4.78 is 27.8. The summed E-state index contributed by atoms with van der Waals surface area (Å²) in [5.74, 6) is 0.651. The van der Waals surface area contributed by atoms with Gasteiger partial charge in [-0.3, -0.25) is 0 Å². The van der Waals surface area contributed by atoms with Crippen molar-refractivity contribution in [2.75, 3.05) is 13.4 Å². The SMILES string of the molecule is COc1ccc(/C(=N/O)[C@H](C)S(C)(=O)=O)cc1. The maximum absolute atomic E-state index is 11.4. The molecule has 94 valence electrons. The smallest absolute Gasteiger partial charge is 0.155 e. The average Bonchev–Trinajstić information content (AvgIpc) is 2.29. The molecule has 0 radical (unpaired) electrons. The lowest BCUT2D eigenvalue weighted by molar-refractivity contribution is 0.318. The van der Waals surface area contributed by atoms with E-state index >= 15 is 0 Å². The molecule has 6 heteroatoms. The van der Waals surface area contributed by atoms with Gasteiger partial charge in [-0.25, -0.2) is 8.42 Å². The first-order chi connectivity index (χ1) is 7.90. The highest BCUT2D eigenvalue weighted by Crippen LogP contribution is 2.15. The van der Waals surface area contributed by atoms with Crippen LogP contribution in [0.2, 0.25) is 0 Å². The van der Waals surface area contributed by atoms with Gasteiger partial charge in [-0.2, -0.15) is 0 Å². The predicted molar refractivity (Wildman–Crippen MR) is 65.6 cm³/mol. The molecule has 1 atom stereocenters. The summed E-state index contributed by atoms with van der Waals surface area (Å²) in [4.78, 5) is 0. The Morgan fingerprint density at radius 3 is 2.24 bits per heavy atom. The average molecular weight is 257 g/mol. The third-order valence-electron chi connectivity index (χ3n) is 2.52. The first kappa shape index (κ1) is 13.5. The molecule has 1 aromatic rings. The molecule has 0 aromatic heterocycles. The quantitative estimate of drug-likeness (QED) is 0.501. The van der Waals surface area contributed by atoms with E-state index in [4.69, 9.17) is 9.94 Å². The van der Waals surface area contributed by atoms with E-state index < -0.39 is 15.1 Å². The van der Waals surface area contributed by atoms with E-state index in [0.717, 1.165) is 6.26 Å². The van der Waals surface area contributed by atoms with E-state index in [1.807, 2.05) is 0 Å². The number of ether oxygens (including phenoxy) is 1. The van der Waals surface area contributed by atoms with E-state index in [0.29, 0.717) is 11.3 Å². The minimum atomic E-state index is -3.30. The van der Waals surface area contributed by atoms with Crippen LogP contribution in [-0.4, -0.2) is 38.0 Å². The van der Waals surface area contributed by atoms with Crippen LogP contribution in [0.1, 0.15) is 12.5 Å². The lowest BCUT2D eigenvalue weighted by Gasteiger charge is -2.11. The molecule has 0 heterocycles. The van der Waals surface area contributed by atoms with Gasteiger partial charge in [-0.05, 0) is 31.2 Å². The zero-order valence-electron chi connectivity index (χ0n) is 9.91. The fourth-order valence-corrected chi connectivity index (χ4v) is 1.93. The van der Waals surface area contributed by atoms with E-state index in [1.165, 1.54) is 14.0 Å². The molecule has 0 aliphatic rings. The van der Waals surface area contributed by atoms with E-state index in [9.17, 15) is 8.42 Å². The van der Waals surface area contributed by atoms with Crippen molar-refractivity contribution in [3.63, 3.8) is 0 Å². The zero-order chi connectivity index (χ0) is 13.1. The van der Waals surface area contributed by atoms with Crippen molar-refractivity contribution in [1.29, 1.82) is 0 Å². The molecule has 0 fully saturated rings. The molecular formula is C11H15NO4S. The van der Waals surface area contributed by atoms with Crippen molar-refractivity contribution in [2.24, 2.45) is 5.16 Å². The highest BCUT2D eigenvalue weighted by Gasteiger charge is 2.23. The standard InChI is InChI=1S/C11H15NO4S/c1-8(17(3,14)15)11(12-13)9-4-6-10(16-2)7-5-9/h4-8,13H,1-3H3/b12-11+/t8-/m0/s1. The first-order valence-electron chi connectivity index (χ1n) is 4.95. The number of benzene rings is 1. The van der Waals surface area contributed by atoms with Crippen molar-refractivity contribution < 1.29 is 18.4 Å². The summed E-state index contributed by atoms with van der Waals surface area (Å²) in [6.45, 7) is 1.48. The van der Waals surface area contributed by atoms with Crippen LogP contribution in [0.15, 0.2) is 29.4 Å². The van der Waals surface area contributed by atoms with Crippen molar-refractivity contribution in [1.82, 2.24) is 0 Å². The van der Waals surface area contributed by atoms with Gasteiger partial charge in [-0.1, -0.05) is 5.16 Å². The topological polar surface area (TPSA) is 76.0 Å². The number of sulfone groups is 1. The van der Waals surface area contributed by atoms with Crippen molar-refractivity contribution >= 4 is 15.5 Å². The fourth-order valence-electron chi connectivity index (χ4n) is 1.34. The van der Waals surface area contributed by atoms with Crippen LogP contribution in [-0.2, 0) is 9.84 Å². The van der Waals surface area contributed by atoms with E-state index in [1.54, 1.807) is 24.3 Å². The van der Waals surface area contributed by atoms with Crippen molar-refractivity contribution in [2.45, 2.75) is 12.2 Å². The second kappa shape index (κ2) is 5.18. The van der Waals surface area contributed by atoms with Gasteiger partial charge in [0.15, 0.2) is 9.84 Å². The lowest BCUT2D eigenvalue weighted by atomic mass is 10.1. The number of rotatable bonds is 4. The number of hydrogen-bond acceptors (Lipinski definition) is 5. The molecule has 0 spiro atoms. The van der Waals surface area contributed by atoms with E-state index in [-0.39, 0.29) is 5.71 Å². The zero-order valence-corrected chi connectivity index (χ0v) is 10.7. The molecule has 0 saturated heterocycles. The van der Waals surface area contributed by atoms with Gasteiger partial charge in [0.2, 0.25) is 0 Å². The second-order valence-corrected chi connectivity index (χ2v) is 6.05. The van der Waals surface area contributed by atoms with Gasteiger partial charge in [0.1, 0.15) is 16.7 Å². The summed E-state index contributed by atoms with van der Waals surface area (Å²) in [5.41, 5.74) is 0.668. The van der Waals surface area contributed by atoms with Gasteiger partial charge in [0.25, 0.3) is 0 Å². The Labute approximate surface area is 101 Å². The largest absolute Gasteiger partial charge is 0.497 e. The lowest BCUT2D eigenvalue weighted by Crippen LogP contribution is -2.27. The van der Waals surface area contributed by atoms with Crippen LogP contribution in [0, 0.1) is 0 Å². The maximum atomic E-state index is 11.4. The van der Waals surface area contributed by atoms with Crippen LogP contribution >= 0.6 is 0 Å². The highest BCUT2D eigenvalue weighted by molar-refractivity contribution is 7.92. The predicted octanol–water partition coefficient (Wildman–Crippen LogP) is 1.31. The van der Waals surface area contributed by atoms with Crippen LogP contribution < -0.4 is 4.74 Å². The minimum absolute atomic E-state index is 0.121. The van der Waals surface area contributed by atoms with Crippen LogP contribution in [0.3, 0.4) is 0 Å². The normalized spacial score (nSPS) is 14.4. The number of methoxy groups -OCH3 is 1. The van der Waals surface area contributed by atoms with Crippen LogP contribution in [0.4, 0.5) is 0 Å². The Morgan fingerprint density at radius 2 is 1.88 bits per heavy atom. The molecule has 0 unspecified atom stereocenters. The molecule has 5 nitrogen and oxygen atoms in total. The number of oxime groups is 1. The number of nitrogens with zero attached hydrogens (tertiary/aromatic N) is 1. The minimum Gasteiger partial charge on any atom is -0.497 e. The molecular weight excluding hydrogens is 242 g/mol. The Bertz CT molecular complexity index is 505. The summed E-state index contributed by atoms with van der Waals surface area (Å²) in [6.07, 6.45) is 1.10. The molecule has 1 N–H and O–H groups in total. The van der Waals surface area contributed by atoms with Crippen LogP contribution in [0.5, 0.6) is 5.75 Å². The summed E-state index contributed by atoms with van der Waals surface area (Å²) in [6, 6.07) is 6.65. The van der Waals surface area contributed by atoms with Crippen molar-refractivity contribution in [3.05, 3.63) is 29.8 Å². The van der Waals surface area contributed by atoms with Gasteiger partial charge < -0.3 is 9.94 Å². The Morgan fingerprint density at radius 1 is 1.35 bits per heavy atom. The third kappa shape index (κ3) is 3.20. The second-order valence-electron chi connectivity index (χ2n) is 3.69. The molecule has 1 rings (SSSR count). The summed E-state index contributed by atoms with van der Waals surface area (Å²) in [7, 11) is -1.76. The molecule has 1 aromatic carbocycles. The summed E-state index contributed by atoms with van der Waals surface area (Å²) >= 11 is 0. The van der Waals surface area contributed by atoms with Crippen molar-refractivity contribution in [3.8, 4) is 5.75 Å². The van der Waals surface area contributed by atoms with Gasteiger partial charge in [0, 0.05) is 11.8 Å². The molecule has 0 aliphatic heterocycles. The number of hydrogen-bond donors (Lipinski definition) is 1. The maximum Gasteiger partial charge on any atom is 0.155 e. The molecule has 0 bridgehead atoms. The molecule has 0 amide bonds. The van der Waals surface area contributed by atoms with Gasteiger partial charge in [0.05, 0.1) is 7.11 Å². The summed E-state index contributed by atoms with van der Waals surface area (Å²) in [5, 5.41) is 11.1. The highest BCUT2D eigenvalue weighted by atomic mass is 32.2. The fraction of sp³-hybridized carbons (Fsp3) is 0.364. The van der Waals surface area contributed by atoms with Gasteiger partial charge >= 0.3 is 0 Å². The van der Waals surface area contributed by atoms with Crippen LogP contribution in [0.25, 0.3) is 0 Å². The first-order valence-corrected chi connectivity index (χ1v) is 6.91. The third-order valence-corrected chi connectivity index (χ3v) is 4.03. The Balaban J connectivity index is 3.11. The Hall–Kier alpha value is -1.56. The monoisotopic (exact) mass is 257 g/mol. The molecule has 0 saturated carbocycles. The molecule has 17 heavy (non-hydrogen) atoms. The van der Waals surface area contributed by atoms with Gasteiger partial charge in [-0.15, -0.1) is 0 Å². The van der Waals surface area contributed by atoms with E-state index in [2.05, 4.69) is 5.16 Å². The molecule has 0 aliphatic carbocycles. The Kier molecular flexibility index (Phi) is 4.11.